The molecule has 2 N–H and O–H groups in total. The molecule has 11 nitrogen and oxygen atoms in total. The van der Waals surface area contributed by atoms with Gasteiger partial charge in [-0.1, -0.05) is 173 Å². The first-order valence-corrected chi connectivity index (χ1v) is 26.4. The quantitative estimate of drug-likeness (QED) is 0.0197. The number of rotatable bonds is 46. The number of hydrogen-bond acceptors (Lipinski definition) is 10. The highest BCUT2D eigenvalue weighted by Gasteiger charge is 2.28. The fourth-order valence-electron chi connectivity index (χ4n) is 6.68. The summed E-state index contributed by atoms with van der Waals surface area (Å²) in [5.74, 6) is -1.49. The highest BCUT2D eigenvalue weighted by molar-refractivity contribution is 7.47. The Kier molecular flexibility index (Phi) is 43.6. The van der Waals surface area contributed by atoms with Crippen LogP contribution in [0.4, 0.5) is 0 Å². The molecule has 3 unspecified atom stereocenters. The maximum absolute atomic E-state index is 12.8. The molecule has 362 valence electrons. The monoisotopic (exact) mass is 899 g/mol. The van der Waals surface area contributed by atoms with Gasteiger partial charge in [0.1, 0.15) is 12.7 Å². The molecule has 0 aromatic rings. The first-order valence-electron chi connectivity index (χ1n) is 24.9. The van der Waals surface area contributed by atoms with Crippen molar-refractivity contribution in [3.63, 3.8) is 0 Å². The third-order valence-electron chi connectivity index (χ3n) is 10.5. The molecule has 0 spiro atoms. The summed E-state index contributed by atoms with van der Waals surface area (Å²) in [5.41, 5.74) is 0. The Morgan fingerprint density at radius 1 is 0.452 bits per heavy atom. The average Bonchev–Trinajstić information content (AvgIpc) is 3.25. The number of aliphatic hydroxyl groups excluding tert-OH is 1. The zero-order valence-corrected chi connectivity index (χ0v) is 40.5. The van der Waals surface area contributed by atoms with E-state index in [1.165, 1.54) is 64.2 Å². The minimum atomic E-state index is -4.73. The maximum atomic E-state index is 12.8. The Morgan fingerprint density at radius 2 is 0.823 bits per heavy atom. The van der Waals surface area contributed by atoms with E-state index in [2.05, 4.69) is 57.2 Å². The van der Waals surface area contributed by atoms with Crippen LogP contribution < -0.4 is 0 Å². The topological polar surface area (TPSA) is 155 Å². The van der Waals surface area contributed by atoms with Gasteiger partial charge < -0.3 is 24.2 Å². The van der Waals surface area contributed by atoms with E-state index in [4.69, 9.17) is 23.3 Å². The lowest BCUT2D eigenvalue weighted by atomic mass is 10.1. The van der Waals surface area contributed by atoms with Gasteiger partial charge in [0.05, 0.1) is 19.8 Å². The molecule has 62 heavy (non-hydrogen) atoms. The fraction of sp³-hybridized carbons (Fsp3) is 0.820. The van der Waals surface area contributed by atoms with Gasteiger partial charge in [-0.3, -0.25) is 23.4 Å². The molecule has 0 saturated heterocycles. The second-order valence-corrected chi connectivity index (χ2v) is 18.1. The molecule has 0 rings (SSSR count). The predicted octanol–water partition coefficient (Wildman–Crippen LogP) is 13.7. The average molecular weight is 899 g/mol. The summed E-state index contributed by atoms with van der Waals surface area (Å²) >= 11 is 0. The number of carbonyl (C=O) groups is 3. The van der Waals surface area contributed by atoms with Gasteiger partial charge in [0.2, 0.25) is 0 Å². The van der Waals surface area contributed by atoms with Gasteiger partial charge >= 0.3 is 25.7 Å². The van der Waals surface area contributed by atoms with Crippen LogP contribution >= 0.6 is 7.82 Å². The van der Waals surface area contributed by atoms with Crippen LogP contribution in [0.1, 0.15) is 226 Å². The molecular weight excluding hydrogens is 808 g/mol. The molecule has 0 amide bonds. The van der Waals surface area contributed by atoms with Crippen molar-refractivity contribution in [1.82, 2.24) is 0 Å². The van der Waals surface area contributed by atoms with Gasteiger partial charge in [-0.15, -0.1) is 0 Å². The Bertz CT molecular complexity index is 1190. The van der Waals surface area contributed by atoms with Crippen molar-refractivity contribution >= 4 is 25.7 Å². The highest BCUT2D eigenvalue weighted by atomic mass is 31.2. The molecule has 12 heteroatoms. The molecule has 0 aliphatic rings. The molecule has 0 aromatic heterocycles. The molecule has 0 aliphatic heterocycles. The lowest BCUT2D eigenvalue weighted by Crippen LogP contribution is -2.30. The van der Waals surface area contributed by atoms with Gasteiger partial charge in [-0.2, -0.15) is 0 Å². The third-order valence-corrected chi connectivity index (χ3v) is 11.5. The number of unbranched alkanes of at least 4 members (excludes halogenated alkanes) is 23. The highest BCUT2D eigenvalue weighted by Crippen LogP contribution is 2.43. The fourth-order valence-corrected chi connectivity index (χ4v) is 7.47. The van der Waals surface area contributed by atoms with E-state index in [1.54, 1.807) is 0 Å². The summed E-state index contributed by atoms with van der Waals surface area (Å²) in [5, 5.41) is 9.72. The molecule has 0 bridgehead atoms. The van der Waals surface area contributed by atoms with Crippen molar-refractivity contribution in [2.75, 3.05) is 26.4 Å². The van der Waals surface area contributed by atoms with E-state index in [0.29, 0.717) is 19.3 Å². The van der Waals surface area contributed by atoms with Gasteiger partial charge in [-0.25, -0.2) is 4.57 Å². The zero-order chi connectivity index (χ0) is 45.6. The number of hydrogen-bond donors (Lipinski definition) is 2. The van der Waals surface area contributed by atoms with Crippen LogP contribution in [0.25, 0.3) is 0 Å². The second-order valence-electron chi connectivity index (χ2n) is 16.6. The molecule has 3 atom stereocenters. The van der Waals surface area contributed by atoms with Crippen molar-refractivity contribution < 1.29 is 52.2 Å². The summed E-state index contributed by atoms with van der Waals surface area (Å²) in [4.78, 5) is 48.1. The molecular formula is C50H91O11P. The van der Waals surface area contributed by atoms with Crippen LogP contribution in [0, 0.1) is 0 Å². The van der Waals surface area contributed by atoms with Gasteiger partial charge in [-0.05, 0) is 70.6 Å². The van der Waals surface area contributed by atoms with Crippen molar-refractivity contribution in [1.29, 1.82) is 0 Å². The number of phosphoric ester groups is 1. The Balaban J connectivity index is 4.78. The smallest absolute Gasteiger partial charge is 0.462 e. The van der Waals surface area contributed by atoms with Crippen molar-refractivity contribution in [2.45, 2.75) is 238 Å². The molecule has 0 aromatic carbocycles. The maximum Gasteiger partial charge on any atom is 0.472 e. The van der Waals surface area contributed by atoms with Crippen molar-refractivity contribution in [3.05, 3.63) is 36.5 Å². The number of ether oxygens (including phenoxy) is 3. The SMILES string of the molecule is CCC/C=C\C/C=C\CCCCCCCC(=O)OCC(COP(=O)(O)OCC(CO)OC(=O)CCCCCCCCCCC)OC(=O)CCCCCCC/C=C\CCCCCC. The van der Waals surface area contributed by atoms with Crippen LogP contribution in [-0.4, -0.2) is 66.5 Å². The van der Waals surface area contributed by atoms with Crippen LogP contribution in [-0.2, 0) is 42.2 Å². The van der Waals surface area contributed by atoms with Crippen LogP contribution in [0.5, 0.6) is 0 Å². The Hall–Kier alpha value is -2.30. The number of carbonyl (C=O) groups excluding carboxylic acids is 3. The third kappa shape index (κ3) is 43.0. The van der Waals surface area contributed by atoms with E-state index in [0.717, 1.165) is 103 Å². The first kappa shape index (κ1) is 59.7. The summed E-state index contributed by atoms with van der Waals surface area (Å²) in [6.07, 6.45) is 42.7. The molecule has 0 radical (unpaired) electrons. The van der Waals surface area contributed by atoms with Crippen LogP contribution in [0.2, 0.25) is 0 Å². The van der Waals surface area contributed by atoms with E-state index in [-0.39, 0.29) is 25.9 Å². The van der Waals surface area contributed by atoms with Gasteiger partial charge in [0, 0.05) is 19.3 Å². The van der Waals surface area contributed by atoms with E-state index in [1.807, 2.05) is 0 Å². The molecule has 0 heterocycles. The molecule has 0 fully saturated rings. The summed E-state index contributed by atoms with van der Waals surface area (Å²) in [6, 6.07) is 0. The number of allylic oxidation sites excluding steroid dienone is 6. The van der Waals surface area contributed by atoms with E-state index in [9.17, 15) is 28.9 Å². The Morgan fingerprint density at radius 3 is 1.29 bits per heavy atom. The lowest BCUT2D eigenvalue weighted by Gasteiger charge is -2.21. The minimum Gasteiger partial charge on any atom is -0.462 e. The van der Waals surface area contributed by atoms with E-state index < -0.39 is 57.8 Å². The standard InChI is InChI=1S/C50H91O11P/c1-4-7-10-13-16-19-21-23-25-28-30-33-36-39-48(52)57-43-47(61-50(54)41-38-35-32-29-26-24-22-20-17-14-11-8-5-2)45-59-62(55,56)58-44-46(42-51)60-49(53)40-37-34-31-27-18-15-12-9-6-3/h10,13,19-22,46-47,51H,4-9,11-12,14-18,23-45H2,1-3H3,(H,55,56)/b13-10-,21-19-,22-20-. The van der Waals surface area contributed by atoms with Crippen molar-refractivity contribution in [3.8, 4) is 0 Å². The second kappa shape index (κ2) is 45.3. The number of esters is 3. The first-order chi connectivity index (χ1) is 30.2. The molecule has 0 aliphatic carbocycles. The summed E-state index contributed by atoms with van der Waals surface area (Å²) < 4.78 is 39.2. The van der Waals surface area contributed by atoms with Crippen molar-refractivity contribution in [2.24, 2.45) is 0 Å². The zero-order valence-electron chi connectivity index (χ0n) is 39.6. The lowest BCUT2D eigenvalue weighted by molar-refractivity contribution is -0.161. The predicted molar refractivity (Wildman–Crippen MR) is 252 cm³/mol. The minimum absolute atomic E-state index is 0.157. The van der Waals surface area contributed by atoms with Gasteiger partial charge in [0.15, 0.2) is 6.10 Å². The number of aliphatic hydroxyl groups is 1. The largest absolute Gasteiger partial charge is 0.472 e. The van der Waals surface area contributed by atoms with Crippen LogP contribution in [0.3, 0.4) is 0 Å². The van der Waals surface area contributed by atoms with Gasteiger partial charge in [0.25, 0.3) is 0 Å². The summed E-state index contributed by atoms with van der Waals surface area (Å²) in [6.45, 7) is 4.50. The normalized spacial score (nSPS) is 13.8. The number of phosphoric acid groups is 1. The Labute approximate surface area is 378 Å². The molecule has 0 saturated carbocycles. The summed E-state index contributed by atoms with van der Waals surface area (Å²) in [7, 11) is -4.73. The van der Waals surface area contributed by atoms with Crippen LogP contribution in [0.15, 0.2) is 36.5 Å². The van der Waals surface area contributed by atoms with E-state index >= 15 is 0 Å².